The monoisotopic (exact) mass is 206 g/mol. The molecule has 0 spiro atoms. The van der Waals surface area contributed by atoms with Crippen LogP contribution in [0.3, 0.4) is 0 Å². The number of nitrogen functional groups attached to an aromatic ring is 1. The summed E-state index contributed by atoms with van der Waals surface area (Å²) in [4.78, 5) is 8.37. The van der Waals surface area contributed by atoms with Gasteiger partial charge >= 0.3 is 0 Å². The molecule has 0 saturated heterocycles. The van der Waals surface area contributed by atoms with Crippen LogP contribution in [0, 0.1) is 0 Å². The van der Waals surface area contributed by atoms with E-state index in [1.165, 1.54) is 11.5 Å². The molecule has 14 heavy (non-hydrogen) atoms. The number of aryl methyl sites for hydroxylation is 1. The predicted octanol–water partition coefficient (Wildman–Crippen LogP) is 1.74. The molecule has 0 aromatic carbocycles. The molecule has 0 bridgehead atoms. The summed E-state index contributed by atoms with van der Waals surface area (Å²) in [6.07, 6.45) is 2.66. The molecule has 0 aliphatic heterocycles. The molecule has 0 aliphatic carbocycles. The molecule has 72 valence electrons. The van der Waals surface area contributed by atoms with Crippen LogP contribution in [-0.2, 0) is 6.42 Å². The van der Waals surface area contributed by atoms with Gasteiger partial charge in [-0.15, -0.1) is 0 Å². The van der Waals surface area contributed by atoms with Crippen LogP contribution in [0.1, 0.15) is 12.5 Å². The molecule has 0 aliphatic rings. The largest absolute Gasteiger partial charge is 0.374 e. The van der Waals surface area contributed by atoms with E-state index in [9.17, 15) is 0 Å². The Kier molecular flexibility index (Phi) is 2.41. The van der Waals surface area contributed by atoms with Gasteiger partial charge < -0.3 is 5.73 Å². The first kappa shape index (κ1) is 9.08. The number of hydrogen-bond donors (Lipinski definition) is 1. The van der Waals surface area contributed by atoms with E-state index in [0.29, 0.717) is 11.0 Å². The lowest BCUT2D eigenvalue weighted by molar-refractivity contribution is 1.09. The van der Waals surface area contributed by atoms with Gasteiger partial charge in [-0.05, 0) is 18.1 Å². The summed E-state index contributed by atoms with van der Waals surface area (Å²) in [6.45, 7) is 2.08. The second-order valence-electron chi connectivity index (χ2n) is 2.82. The van der Waals surface area contributed by atoms with Crippen molar-refractivity contribution in [3.8, 4) is 11.5 Å². The molecule has 4 nitrogen and oxygen atoms in total. The van der Waals surface area contributed by atoms with Crippen molar-refractivity contribution in [3.05, 3.63) is 23.9 Å². The van der Waals surface area contributed by atoms with E-state index in [1.54, 1.807) is 6.20 Å². The highest BCUT2D eigenvalue weighted by Crippen LogP contribution is 2.20. The Morgan fingerprint density at radius 2 is 2.36 bits per heavy atom. The molecular formula is C9H10N4S. The number of hydrogen-bond acceptors (Lipinski definition) is 5. The molecule has 2 heterocycles. The number of nitrogens with zero attached hydrogens (tertiary/aromatic N) is 3. The van der Waals surface area contributed by atoms with Crippen LogP contribution >= 0.6 is 11.5 Å². The Morgan fingerprint density at radius 3 is 3.00 bits per heavy atom. The van der Waals surface area contributed by atoms with Crippen molar-refractivity contribution in [1.29, 1.82) is 0 Å². The minimum Gasteiger partial charge on any atom is -0.374 e. The fraction of sp³-hybridized carbons (Fsp3) is 0.222. The normalized spacial score (nSPS) is 10.4. The van der Waals surface area contributed by atoms with Crippen molar-refractivity contribution in [2.45, 2.75) is 13.3 Å². The summed E-state index contributed by atoms with van der Waals surface area (Å²) < 4.78 is 4.14. The second-order valence-corrected chi connectivity index (χ2v) is 3.60. The van der Waals surface area contributed by atoms with E-state index in [4.69, 9.17) is 5.73 Å². The summed E-state index contributed by atoms with van der Waals surface area (Å²) in [5.74, 6) is 0.630. The van der Waals surface area contributed by atoms with Gasteiger partial charge in [0.05, 0.1) is 0 Å². The summed E-state index contributed by atoms with van der Waals surface area (Å²) in [6, 6.07) is 3.94. The maximum absolute atomic E-state index is 5.52. The predicted molar refractivity (Wildman–Crippen MR) is 56.9 cm³/mol. The standard InChI is InChI=1S/C9H10N4S/c1-2-6-4-3-5-11-7(6)8-12-9(10)14-13-8/h3-5H,2H2,1H3,(H2,10,12,13). The fourth-order valence-corrected chi connectivity index (χ4v) is 1.69. The SMILES string of the molecule is CCc1cccnc1-c1nsc(N)n1. The molecule has 0 fully saturated rings. The Labute approximate surface area is 86.0 Å². The van der Waals surface area contributed by atoms with Crippen LogP contribution in [0.5, 0.6) is 0 Å². The van der Waals surface area contributed by atoms with E-state index in [-0.39, 0.29) is 0 Å². The van der Waals surface area contributed by atoms with Gasteiger partial charge in [0, 0.05) is 17.7 Å². The number of aromatic nitrogens is 3. The molecule has 0 radical (unpaired) electrons. The molecule has 0 saturated carbocycles. The summed E-state index contributed by atoms with van der Waals surface area (Å²) in [5, 5.41) is 0.479. The summed E-state index contributed by atoms with van der Waals surface area (Å²) >= 11 is 1.20. The van der Waals surface area contributed by atoms with Gasteiger partial charge in [-0.3, -0.25) is 4.98 Å². The zero-order valence-electron chi connectivity index (χ0n) is 7.77. The fourth-order valence-electron chi connectivity index (χ4n) is 1.26. The van der Waals surface area contributed by atoms with Crippen molar-refractivity contribution in [2.24, 2.45) is 0 Å². The van der Waals surface area contributed by atoms with Gasteiger partial charge in [0.15, 0.2) is 11.0 Å². The van der Waals surface area contributed by atoms with E-state index in [0.717, 1.165) is 17.7 Å². The molecular weight excluding hydrogens is 196 g/mol. The van der Waals surface area contributed by atoms with Gasteiger partial charge in [-0.25, -0.2) is 0 Å². The Balaban J connectivity index is 2.50. The summed E-state index contributed by atoms with van der Waals surface area (Å²) in [7, 11) is 0. The molecule has 2 aromatic heterocycles. The van der Waals surface area contributed by atoms with Crippen molar-refractivity contribution >= 4 is 16.7 Å². The average molecular weight is 206 g/mol. The zero-order chi connectivity index (χ0) is 9.97. The van der Waals surface area contributed by atoms with Gasteiger partial charge in [-0.1, -0.05) is 13.0 Å². The molecule has 0 amide bonds. The van der Waals surface area contributed by atoms with Crippen LogP contribution in [0.25, 0.3) is 11.5 Å². The van der Waals surface area contributed by atoms with Gasteiger partial charge in [0.25, 0.3) is 0 Å². The highest BCUT2D eigenvalue weighted by molar-refractivity contribution is 7.09. The lowest BCUT2D eigenvalue weighted by Crippen LogP contribution is -1.92. The van der Waals surface area contributed by atoms with Crippen LogP contribution < -0.4 is 5.73 Å². The lowest BCUT2D eigenvalue weighted by atomic mass is 10.1. The van der Waals surface area contributed by atoms with E-state index in [1.807, 2.05) is 12.1 Å². The van der Waals surface area contributed by atoms with E-state index in [2.05, 4.69) is 21.3 Å². The molecule has 2 N–H and O–H groups in total. The number of nitrogens with two attached hydrogens (primary N) is 1. The van der Waals surface area contributed by atoms with Crippen molar-refractivity contribution < 1.29 is 0 Å². The van der Waals surface area contributed by atoms with Crippen molar-refractivity contribution in [2.75, 3.05) is 5.73 Å². The highest BCUT2D eigenvalue weighted by atomic mass is 32.1. The minimum absolute atomic E-state index is 0.479. The zero-order valence-corrected chi connectivity index (χ0v) is 8.58. The lowest BCUT2D eigenvalue weighted by Gasteiger charge is -2.00. The highest BCUT2D eigenvalue weighted by Gasteiger charge is 2.09. The average Bonchev–Trinajstić information content (AvgIpc) is 2.65. The molecule has 2 rings (SSSR count). The summed E-state index contributed by atoms with van der Waals surface area (Å²) in [5.41, 5.74) is 7.50. The Bertz CT molecular complexity index is 438. The Morgan fingerprint density at radius 1 is 1.50 bits per heavy atom. The molecule has 2 aromatic rings. The molecule has 0 unspecified atom stereocenters. The van der Waals surface area contributed by atoms with Gasteiger partial charge in [0.2, 0.25) is 0 Å². The van der Waals surface area contributed by atoms with Crippen LogP contribution in [0.4, 0.5) is 5.13 Å². The quantitative estimate of drug-likeness (QED) is 0.813. The first-order valence-corrected chi connectivity index (χ1v) is 5.12. The first-order chi connectivity index (χ1) is 6.81. The third kappa shape index (κ3) is 1.58. The van der Waals surface area contributed by atoms with Gasteiger partial charge in [-0.2, -0.15) is 9.36 Å². The number of anilines is 1. The Hall–Kier alpha value is -1.49. The maximum atomic E-state index is 5.52. The van der Waals surface area contributed by atoms with Crippen molar-refractivity contribution in [3.63, 3.8) is 0 Å². The maximum Gasteiger partial charge on any atom is 0.200 e. The smallest absolute Gasteiger partial charge is 0.200 e. The van der Waals surface area contributed by atoms with Crippen molar-refractivity contribution in [1.82, 2.24) is 14.3 Å². The third-order valence-corrected chi connectivity index (χ3v) is 2.47. The second kappa shape index (κ2) is 3.71. The van der Waals surface area contributed by atoms with E-state index >= 15 is 0 Å². The van der Waals surface area contributed by atoms with Crippen LogP contribution in [0.2, 0.25) is 0 Å². The first-order valence-electron chi connectivity index (χ1n) is 4.34. The molecule has 5 heteroatoms. The van der Waals surface area contributed by atoms with E-state index < -0.39 is 0 Å². The van der Waals surface area contributed by atoms with Crippen LogP contribution in [-0.4, -0.2) is 14.3 Å². The molecule has 0 atom stereocenters. The minimum atomic E-state index is 0.479. The topological polar surface area (TPSA) is 64.7 Å². The third-order valence-electron chi connectivity index (χ3n) is 1.93. The number of rotatable bonds is 2. The van der Waals surface area contributed by atoms with Gasteiger partial charge in [0.1, 0.15) is 5.69 Å². The number of pyridine rings is 1. The van der Waals surface area contributed by atoms with Crippen LogP contribution in [0.15, 0.2) is 18.3 Å².